The van der Waals surface area contributed by atoms with Gasteiger partial charge in [-0.25, -0.2) is 0 Å². The number of benzene rings is 2. The van der Waals surface area contributed by atoms with Gasteiger partial charge < -0.3 is 18.6 Å². The van der Waals surface area contributed by atoms with Gasteiger partial charge in [-0.15, -0.1) is 0 Å². The monoisotopic (exact) mass is 526 g/mol. The van der Waals surface area contributed by atoms with Crippen molar-refractivity contribution in [3.63, 3.8) is 0 Å². The molecule has 4 nitrogen and oxygen atoms in total. The lowest BCUT2D eigenvalue weighted by Crippen LogP contribution is -2.37. The van der Waals surface area contributed by atoms with Crippen molar-refractivity contribution in [3.8, 4) is 22.6 Å². The van der Waals surface area contributed by atoms with E-state index < -0.39 is 14.3 Å². The van der Waals surface area contributed by atoms with Crippen LogP contribution in [-0.4, -0.2) is 36.9 Å². The molecule has 6 heteroatoms. The molecular formula is C30H40O4P2. The molecule has 6 rings (SSSR count). The molecule has 0 amide bonds. The molecule has 4 saturated carbocycles. The fourth-order valence-corrected chi connectivity index (χ4v) is 16.0. The molecule has 0 radical (unpaired) electrons. The zero-order valence-electron chi connectivity index (χ0n) is 21.8. The first kappa shape index (κ1) is 24.8. The normalized spacial score (nSPS) is 21.7. The average molecular weight is 527 g/mol. The Labute approximate surface area is 216 Å². The van der Waals surface area contributed by atoms with E-state index in [1.807, 2.05) is 24.3 Å². The van der Waals surface area contributed by atoms with Crippen molar-refractivity contribution in [1.82, 2.24) is 0 Å². The van der Waals surface area contributed by atoms with Crippen molar-refractivity contribution in [2.45, 2.75) is 99.7 Å². The Hall–Kier alpha value is -1.50. The third-order valence-electron chi connectivity index (χ3n) is 9.92. The Bertz CT molecular complexity index is 1090. The highest BCUT2D eigenvalue weighted by molar-refractivity contribution is 7.74. The Morgan fingerprint density at radius 3 is 1.08 bits per heavy atom. The first-order chi connectivity index (χ1) is 17.5. The highest BCUT2D eigenvalue weighted by atomic mass is 31.2. The van der Waals surface area contributed by atoms with Gasteiger partial charge in [0.25, 0.3) is 0 Å². The molecule has 0 N–H and O–H groups in total. The van der Waals surface area contributed by atoms with E-state index in [-0.39, 0.29) is 22.6 Å². The van der Waals surface area contributed by atoms with E-state index in [4.69, 9.17) is 9.47 Å². The summed E-state index contributed by atoms with van der Waals surface area (Å²) in [7, 11) is -1.97. The van der Waals surface area contributed by atoms with Gasteiger partial charge in [0.15, 0.2) is 0 Å². The Morgan fingerprint density at radius 2 is 0.861 bits per heavy atom. The lowest BCUT2D eigenvalue weighted by Gasteiger charge is -2.45. The van der Waals surface area contributed by atoms with Gasteiger partial charge in [-0.1, -0.05) is 49.9 Å². The molecule has 194 valence electrons. The molecule has 4 aliphatic carbocycles. The summed E-state index contributed by atoms with van der Waals surface area (Å²) in [5.41, 5.74) is 2.84. The van der Waals surface area contributed by atoms with Crippen LogP contribution in [0.15, 0.2) is 36.4 Å². The Morgan fingerprint density at radius 1 is 0.556 bits per heavy atom. The minimum atomic E-state index is -2.68. The van der Waals surface area contributed by atoms with E-state index in [9.17, 15) is 0 Å². The standard InChI is InChI=1S/C30H40O4P2/c1-33-25-17-7-19-27(35(31,21-9-3-10-21)22-11-4-12-22)29(25)30-26(34-2)18-8-20-28(30)36(32,23-13-5-14-23)24-15-6-16-24/h7-8,17-24H,3-6,9-16H2,1-2H3. The van der Waals surface area contributed by atoms with Crippen LogP contribution < -0.4 is 20.1 Å². The van der Waals surface area contributed by atoms with Gasteiger partial charge >= 0.3 is 0 Å². The molecule has 4 fully saturated rings. The summed E-state index contributed by atoms with van der Waals surface area (Å²) in [6, 6.07) is 12.2. The summed E-state index contributed by atoms with van der Waals surface area (Å²) in [6.45, 7) is 0. The van der Waals surface area contributed by atoms with Gasteiger partial charge in [0, 0.05) is 44.4 Å². The predicted octanol–water partition coefficient (Wildman–Crippen LogP) is 7.56. The van der Waals surface area contributed by atoms with Crippen LogP contribution in [0.25, 0.3) is 11.1 Å². The van der Waals surface area contributed by atoms with Crippen molar-refractivity contribution >= 4 is 24.9 Å². The van der Waals surface area contributed by atoms with E-state index >= 15 is 9.13 Å². The molecule has 2 aromatic carbocycles. The lowest BCUT2D eigenvalue weighted by atomic mass is 9.98. The maximum atomic E-state index is 15.2. The van der Waals surface area contributed by atoms with E-state index in [1.165, 1.54) is 25.7 Å². The number of methoxy groups -OCH3 is 2. The summed E-state index contributed by atoms with van der Waals surface area (Å²) in [5, 5.41) is 1.91. The second kappa shape index (κ2) is 9.67. The maximum absolute atomic E-state index is 15.2. The predicted molar refractivity (Wildman–Crippen MR) is 150 cm³/mol. The van der Waals surface area contributed by atoms with Crippen molar-refractivity contribution in [3.05, 3.63) is 36.4 Å². The quantitative estimate of drug-likeness (QED) is 0.317. The second-order valence-corrected chi connectivity index (χ2v) is 18.2. The van der Waals surface area contributed by atoms with Gasteiger partial charge in [-0.2, -0.15) is 0 Å². The summed E-state index contributed by atoms with van der Waals surface area (Å²) >= 11 is 0. The Balaban J connectivity index is 1.63. The fraction of sp³-hybridized carbons (Fsp3) is 0.600. The third kappa shape index (κ3) is 3.61. The molecule has 0 spiro atoms. The zero-order chi connectivity index (χ0) is 24.9. The van der Waals surface area contributed by atoms with Crippen LogP contribution in [0.4, 0.5) is 0 Å². The SMILES string of the molecule is COc1cccc(P(=O)(C2CCC2)C2CCC2)c1-c1c(OC)cccc1P(=O)(C1CCC1)C1CCC1. The number of hydrogen-bond acceptors (Lipinski definition) is 4. The molecule has 0 aromatic heterocycles. The summed E-state index contributed by atoms with van der Waals surface area (Å²) in [6.07, 6.45) is 13.0. The number of ether oxygens (including phenoxy) is 2. The van der Waals surface area contributed by atoms with Crippen LogP contribution in [0.5, 0.6) is 11.5 Å². The van der Waals surface area contributed by atoms with E-state index in [0.717, 1.165) is 84.6 Å². The van der Waals surface area contributed by atoms with Gasteiger partial charge in [-0.3, -0.25) is 0 Å². The van der Waals surface area contributed by atoms with Crippen LogP contribution in [0.2, 0.25) is 0 Å². The Kier molecular flexibility index (Phi) is 6.66. The van der Waals surface area contributed by atoms with E-state index in [0.29, 0.717) is 0 Å². The summed E-state index contributed by atoms with van der Waals surface area (Å²) in [5.74, 6) is 1.46. The third-order valence-corrected chi connectivity index (χ3v) is 18.6. The smallest absolute Gasteiger partial charge is 0.127 e. The van der Waals surface area contributed by atoms with Crippen molar-refractivity contribution in [2.75, 3.05) is 14.2 Å². The zero-order valence-corrected chi connectivity index (χ0v) is 23.6. The maximum Gasteiger partial charge on any atom is 0.127 e. The van der Waals surface area contributed by atoms with E-state index in [2.05, 4.69) is 12.1 Å². The molecule has 0 atom stereocenters. The largest absolute Gasteiger partial charge is 0.496 e. The average Bonchev–Trinajstić information content (AvgIpc) is 2.72. The summed E-state index contributed by atoms with van der Waals surface area (Å²) < 4.78 is 42.5. The van der Waals surface area contributed by atoms with Crippen molar-refractivity contribution in [1.29, 1.82) is 0 Å². The molecule has 0 aliphatic heterocycles. The first-order valence-electron chi connectivity index (χ1n) is 14.1. The molecule has 0 bridgehead atoms. The molecule has 4 aliphatic rings. The highest BCUT2D eigenvalue weighted by Crippen LogP contribution is 2.69. The second-order valence-electron chi connectivity index (χ2n) is 11.5. The minimum absolute atomic E-state index is 0.261. The van der Waals surface area contributed by atoms with Gasteiger partial charge in [0.2, 0.25) is 0 Å². The van der Waals surface area contributed by atoms with Gasteiger partial charge in [0.1, 0.15) is 25.8 Å². The molecule has 0 saturated heterocycles. The lowest BCUT2D eigenvalue weighted by molar-refractivity contribution is 0.410. The van der Waals surface area contributed by atoms with Gasteiger partial charge in [-0.05, 0) is 63.5 Å². The number of rotatable bonds is 9. The van der Waals surface area contributed by atoms with Crippen LogP contribution in [0, 0.1) is 0 Å². The van der Waals surface area contributed by atoms with Gasteiger partial charge in [0.05, 0.1) is 14.2 Å². The van der Waals surface area contributed by atoms with Crippen LogP contribution >= 0.6 is 14.3 Å². The molecule has 36 heavy (non-hydrogen) atoms. The van der Waals surface area contributed by atoms with Crippen LogP contribution in [0.3, 0.4) is 0 Å². The molecule has 0 unspecified atom stereocenters. The fourth-order valence-electron chi connectivity index (χ4n) is 6.93. The highest BCUT2D eigenvalue weighted by Gasteiger charge is 2.51. The van der Waals surface area contributed by atoms with E-state index in [1.54, 1.807) is 14.2 Å². The summed E-state index contributed by atoms with van der Waals surface area (Å²) in [4.78, 5) is 0. The molecule has 2 aromatic rings. The van der Waals surface area contributed by atoms with Crippen molar-refractivity contribution < 1.29 is 18.6 Å². The van der Waals surface area contributed by atoms with Crippen LogP contribution in [0.1, 0.15) is 77.0 Å². The molecule has 0 heterocycles. The topological polar surface area (TPSA) is 52.6 Å². The first-order valence-corrected chi connectivity index (χ1v) is 17.8. The van der Waals surface area contributed by atoms with Crippen molar-refractivity contribution in [2.24, 2.45) is 0 Å². The minimum Gasteiger partial charge on any atom is -0.496 e. The molecular weight excluding hydrogens is 486 g/mol. The van der Waals surface area contributed by atoms with Crippen LogP contribution in [-0.2, 0) is 9.13 Å². The number of hydrogen-bond donors (Lipinski definition) is 0.